The third-order valence-electron chi connectivity index (χ3n) is 4.41. The minimum absolute atomic E-state index is 0.689. The molecule has 2 saturated heterocycles. The zero-order chi connectivity index (χ0) is 13.1. The Balaban J connectivity index is 1.51. The molecule has 2 unspecified atom stereocenters. The summed E-state index contributed by atoms with van der Waals surface area (Å²) in [6, 6.07) is 9.95. The lowest BCUT2D eigenvalue weighted by Crippen LogP contribution is -2.38. The van der Waals surface area contributed by atoms with Crippen molar-refractivity contribution < 1.29 is 4.74 Å². The lowest BCUT2D eigenvalue weighted by molar-refractivity contribution is 0.298. The highest BCUT2D eigenvalue weighted by Gasteiger charge is 2.36. The van der Waals surface area contributed by atoms with Crippen molar-refractivity contribution in [1.82, 2.24) is 10.2 Å². The van der Waals surface area contributed by atoms with Crippen molar-refractivity contribution in [1.29, 1.82) is 0 Å². The predicted molar refractivity (Wildman–Crippen MR) is 77.5 cm³/mol. The molecule has 104 valence electrons. The minimum Gasteiger partial charge on any atom is -0.494 e. The largest absolute Gasteiger partial charge is 0.494 e. The number of hydrogen-bond donors (Lipinski definition) is 1. The molecule has 0 bridgehead atoms. The summed E-state index contributed by atoms with van der Waals surface area (Å²) in [5.74, 6) is 0.967. The molecule has 2 heterocycles. The number of benzene rings is 1. The van der Waals surface area contributed by atoms with Crippen LogP contribution in [-0.4, -0.2) is 36.7 Å². The van der Waals surface area contributed by atoms with Crippen LogP contribution in [0.3, 0.4) is 0 Å². The maximum absolute atomic E-state index is 5.47. The standard InChI is InChI=1S/C16H24N2O/c1-2-19-14-7-5-13(6-8-14)12-17-15-9-11-18-10-3-4-16(15)18/h5-8,15-17H,2-4,9-12H2,1H3. The van der Waals surface area contributed by atoms with Gasteiger partial charge in [0.15, 0.2) is 0 Å². The van der Waals surface area contributed by atoms with Gasteiger partial charge in [-0.25, -0.2) is 0 Å². The Morgan fingerprint density at radius 2 is 2.05 bits per heavy atom. The van der Waals surface area contributed by atoms with Crippen LogP contribution in [0.1, 0.15) is 31.7 Å². The van der Waals surface area contributed by atoms with Gasteiger partial charge in [-0.15, -0.1) is 0 Å². The van der Waals surface area contributed by atoms with E-state index in [-0.39, 0.29) is 0 Å². The first-order valence-corrected chi connectivity index (χ1v) is 7.56. The molecule has 0 aliphatic carbocycles. The van der Waals surface area contributed by atoms with E-state index in [0.717, 1.165) is 24.9 Å². The Morgan fingerprint density at radius 1 is 1.21 bits per heavy atom. The summed E-state index contributed by atoms with van der Waals surface area (Å²) in [5.41, 5.74) is 1.35. The lowest BCUT2D eigenvalue weighted by Gasteiger charge is -2.21. The summed E-state index contributed by atoms with van der Waals surface area (Å²) in [7, 11) is 0. The molecule has 0 amide bonds. The Bertz CT molecular complexity index is 404. The van der Waals surface area contributed by atoms with Crippen LogP contribution in [0.15, 0.2) is 24.3 Å². The van der Waals surface area contributed by atoms with Crippen molar-refractivity contribution in [3.05, 3.63) is 29.8 Å². The first-order chi connectivity index (χ1) is 9.36. The van der Waals surface area contributed by atoms with Crippen molar-refractivity contribution in [3.63, 3.8) is 0 Å². The summed E-state index contributed by atoms with van der Waals surface area (Å²) in [5, 5.41) is 3.74. The molecule has 2 atom stereocenters. The van der Waals surface area contributed by atoms with Gasteiger partial charge < -0.3 is 10.1 Å². The molecule has 1 N–H and O–H groups in total. The molecule has 1 aromatic rings. The first-order valence-electron chi connectivity index (χ1n) is 7.56. The van der Waals surface area contributed by atoms with Crippen molar-refractivity contribution in [2.75, 3.05) is 19.7 Å². The third kappa shape index (κ3) is 2.93. The Labute approximate surface area is 115 Å². The van der Waals surface area contributed by atoms with Crippen molar-refractivity contribution in [3.8, 4) is 5.75 Å². The Hall–Kier alpha value is -1.06. The summed E-state index contributed by atoms with van der Waals surface area (Å²) in [6.07, 6.45) is 4.06. The number of hydrogen-bond acceptors (Lipinski definition) is 3. The normalized spacial score (nSPS) is 26.6. The maximum atomic E-state index is 5.47. The molecule has 3 heteroatoms. The second-order valence-corrected chi connectivity index (χ2v) is 5.60. The fraction of sp³-hybridized carbons (Fsp3) is 0.625. The van der Waals surface area contributed by atoms with Crippen LogP contribution in [0, 0.1) is 0 Å². The van der Waals surface area contributed by atoms with Crippen LogP contribution >= 0.6 is 0 Å². The second kappa shape index (κ2) is 5.93. The smallest absolute Gasteiger partial charge is 0.119 e. The van der Waals surface area contributed by atoms with Crippen LogP contribution < -0.4 is 10.1 Å². The van der Waals surface area contributed by atoms with Gasteiger partial charge in [0.1, 0.15) is 5.75 Å². The van der Waals surface area contributed by atoms with Crippen molar-refractivity contribution in [2.45, 2.75) is 44.8 Å². The number of nitrogens with one attached hydrogen (secondary N) is 1. The van der Waals surface area contributed by atoms with E-state index in [2.05, 4.69) is 34.5 Å². The van der Waals surface area contributed by atoms with Crippen LogP contribution in [0.5, 0.6) is 5.75 Å². The summed E-state index contributed by atoms with van der Waals surface area (Å²) >= 11 is 0. The predicted octanol–water partition coefficient (Wildman–Crippen LogP) is 2.41. The highest BCUT2D eigenvalue weighted by atomic mass is 16.5. The topological polar surface area (TPSA) is 24.5 Å². The molecule has 2 aliphatic heterocycles. The van der Waals surface area contributed by atoms with Gasteiger partial charge in [0.25, 0.3) is 0 Å². The molecule has 3 rings (SSSR count). The van der Waals surface area contributed by atoms with Gasteiger partial charge in [-0.2, -0.15) is 0 Å². The van der Waals surface area contributed by atoms with Gasteiger partial charge in [0, 0.05) is 25.2 Å². The molecule has 0 spiro atoms. The molecule has 2 fully saturated rings. The zero-order valence-electron chi connectivity index (χ0n) is 11.8. The van der Waals surface area contributed by atoms with E-state index in [9.17, 15) is 0 Å². The number of fused-ring (bicyclic) bond motifs is 1. The Morgan fingerprint density at radius 3 is 2.84 bits per heavy atom. The van der Waals surface area contributed by atoms with Crippen LogP contribution in [0.2, 0.25) is 0 Å². The van der Waals surface area contributed by atoms with E-state index >= 15 is 0 Å². The van der Waals surface area contributed by atoms with Gasteiger partial charge >= 0.3 is 0 Å². The van der Waals surface area contributed by atoms with E-state index in [4.69, 9.17) is 4.74 Å². The molecular weight excluding hydrogens is 236 g/mol. The van der Waals surface area contributed by atoms with Crippen molar-refractivity contribution >= 4 is 0 Å². The number of nitrogens with zero attached hydrogens (tertiary/aromatic N) is 1. The number of ether oxygens (including phenoxy) is 1. The van der Waals surface area contributed by atoms with E-state index in [1.54, 1.807) is 0 Å². The van der Waals surface area contributed by atoms with E-state index in [1.165, 1.54) is 37.9 Å². The van der Waals surface area contributed by atoms with Crippen LogP contribution in [0.4, 0.5) is 0 Å². The third-order valence-corrected chi connectivity index (χ3v) is 4.41. The fourth-order valence-corrected chi connectivity index (χ4v) is 3.44. The lowest BCUT2D eigenvalue weighted by atomic mass is 10.1. The van der Waals surface area contributed by atoms with Gasteiger partial charge in [0.05, 0.1) is 6.61 Å². The SMILES string of the molecule is CCOc1ccc(CNC2CCN3CCCC23)cc1. The minimum atomic E-state index is 0.689. The molecule has 19 heavy (non-hydrogen) atoms. The monoisotopic (exact) mass is 260 g/mol. The van der Waals surface area contributed by atoms with E-state index < -0.39 is 0 Å². The highest BCUT2D eigenvalue weighted by Crippen LogP contribution is 2.28. The average molecular weight is 260 g/mol. The van der Waals surface area contributed by atoms with Crippen LogP contribution in [-0.2, 0) is 6.54 Å². The van der Waals surface area contributed by atoms with Gasteiger partial charge in [-0.3, -0.25) is 4.90 Å². The van der Waals surface area contributed by atoms with Gasteiger partial charge in [0.2, 0.25) is 0 Å². The van der Waals surface area contributed by atoms with Gasteiger partial charge in [-0.1, -0.05) is 12.1 Å². The molecule has 0 aromatic heterocycles. The summed E-state index contributed by atoms with van der Waals surface area (Å²) in [4.78, 5) is 2.65. The molecular formula is C16H24N2O. The van der Waals surface area contributed by atoms with Gasteiger partial charge in [-0.05, 0) is 50.4 Å². The maximum Gasteiger partial charge on any atom is 0.119 e. The zero-order valence-corrected chi connectivity index (χ0v) is 11.8. The number of rotatable bonds is 5. The first kappa shape index (κ1) is 12.9. The summed E-state index contributed by atoms with van der Waals surface area (Å²) < 4.78 is 5.47. The quantitative estimate of drug-likeness (QED) is 0.880. The van der Waals surface area contributed by atoms with Crippen molar-refractivity contribution in [2.24, 2.45) is 0 Å². The molecule has 0 saturated carbocycles. The molecule has 1 aromatic carbocycles. The molecule has 2 aliphatic rings. The van der Waals surface area contributed by atoms with E-state index in [0.29, 0.717) is 6.04 Å². The average Bonchev–Trinajstić information content (AvgIpc) is 3.02. The molecule has 0 radical (unpaired) electrons. The van der Waals surface area contributed by atoms with Crippen LogP contribution in [0.25, 0.3) is 0 Å². The van der Waals surface area contributed by atoms with E-state index in [1.807, 2.05) is 6.92 Å². The highest BCUT2D eigenvalue weighted by molar-refractivity contribution is 5.27. The second-order valence-electron chi connectivity index (χ2n) is 5.60. The molecule has 3 nitrogen and oxygen atoms in total. The fourth-order valence-electron chi connectivity index (χ4n) is 3.44. The summed E-state index contributed by atoms with van der Waals surface area (Å²) in [6.45, 7) is 6.32. The Kier molecular flexibility index (Phi) is 4.04.